The Balaban J connectivity index is 2.32. The van der Waals surface area contributed by atoms with Gasteiger partial charge in [0.25, 0.3) is 5.89 Å². The van der Waals surface area contributed by atoms with Gasteiger partial charge in [-0.1, -0.05) is 5.16 Å². The smallest absolute Gasteiger partial charge is 0.310 e. The molecule has 1 aromatic heterocycles. The fraction of sp³-hybridized carbons (Fsp3) is 0.333. The molecule has 21 heavy (non-hydrogen) atoms. The highest BCUT2D eigenvalue weighted by Crippen LogP contribution is 2.31. The lowest BCUT2D eigenvalue weighted by Crippen LogP contribution is -2.17. The Morgan fingerprint density at radius 1 is 1.48 bits per heavy atom. The monoisotopic (exact) mass is 294 g/mol. The predicted molar refractivity (Wildman–Crippen MR) is 71.7 cm³/mol. The van der Waals surface area contributed by atoms with Crippen LogP contribution >= 0.6 is 0 Å². The zero-order valence-electron chi connectivity index (χ0n) is 11.5. The van der Waals surface area contributed by atoms with Gasteiger partial charge in [0.15, 0.2) is 11.6 Å². The van der Waals surface area contributed by atoms with Crippen LogP contribution in [-0.4, -0.2) is 35.9 Å². The molecule has 1 unspecified atom stereocenters. The number of methoxy groups -OCH3 is 2. The van der Waals surface area contributed by atoms with Crippen LogP contribution in [0.15, 0.2) is 22.7 Å². The van der Waals surface area contributed by atoms with Crippen LogP contribution in [0.1, 0.15) is 11.9 Å². The number of nitro groups is 1. The van der Waals surface area contributed by atoms with Crippen molar-refractivity contribution in [3.8, 4) is 17.2 Å². The molecule has 0 radical (unpaired) electrons. The number of aromatic nitrogens is 2. The SMILES string of the molecule is COCC(N)c1noc(-c2ccc([N+](=O)[O-])c(OC)c2)n1. The number of benzene rings is 1. The molecule has 1 aromatic carbocycles. The summed E-state index contributed by atoms with van der Waals surface area (Å²) < 4.78 is 15.0. The van der Waals surface area contributed by atoms with E-state index < -0.39 is 11.0 Å². The Morgan fingerprint density at radius 2 is 2.24 bits per heavy atom. The molecule has 0 aliphatic rings. The Morgan fingerprint density at radius 3 is 2.86 bits per heavy atom. The third-order valence-corrected chi connectivity index (χ3v) is 2.74. The fourth-order valence-electron chi connectivity index (χ4n) is 1.72. The summed E-state index contributed by atoms with van der Waals surface area (Å²) in [5.41, 5.74) is 6.15. The molecule has 9 nitrogen and oxygen atoms in total. The predicted octanol–water partition coefficient (Wildman–Crippen LogP) is 1.30. The van der Waals surface area contributed by atoms with E-state index in [1.54, 1.807) is 0 Å². The van der Waals surface area contributed by atoms with Crippen molar-refractivity contribution in [1.29, 1.82) is 0 Å². The van der Waals surface area contributed by atoms with E-state index in [9.17, 15) is 10.1 Å². The summed E-state index contributed by atoms with van der Waals surface area (Å²) in [4.78, 5) is 14.4. The molecule has 0 saturated heterocycles. The first-order valence-electron chi connectivity index (χ1n) is 5.97. The third-order valence-electron chi connectivity index (χ3n) is 2.74. The number of hydrogen-bond acceptors (Lipinski definition) is 8. The lowest BCUT2D eigenvalue weighted by atomic mass is 10.2. The molecule has 0 amide bonds. The van der Waals surface area contributed by atoms with Crippen molar-refractivity contribution in [2.24, 2.45) is 5.73 Å². The summed E-state index contributed by atoms with van der Waals surface area (Å²) in [5.74, 6) is 0.604. The highest BCUT2D eigenvalue weighted by Gasteiger charge is 2.19. The van der Waals surface area contributed by atoms with Gasteiger partial charge in [-0.05, 0) is 6.07 Å². The lowest BCUT2D eigenvalue weighted by molar-refractivity contribution is -0.385. The number of ether oxygens (including phenoxy) is 2. The molecule has 0 bridgehead atoms. The maximum atomic E-state index is 10.8. The maximum Gasteiger partial charge on any atom is 0.310 e. The number of rotatable bonds is 6. The van der Waals surface area contributed by atoms with E-state index in [2.05, 4.69) is 10.1 Å². The Kier molecular flexibility index (Phi) is 4.45. The fourth-order valence-corrected chi connectivity index (χ4v) is 1.72. The van der Waals surface area contributed by atoms with Gasteiger partial charge in [0.05, 0.1) is 24.7 Å². The standard InChI is InChI=1S/C12H14N4O5/c1-19-6-8(13)11-14-12(21-15-11)7-3-4-9(16(17)18)10(5-7)20-2/h3-5,8H,6,13H2,1-2H3. The van der Waals surface area contributed by atoms with Crippen molar-refractivity contribution in [3.05, 3.63) is 34.1 Å². The van der Waals surface area contributed by atoms with Gasteiger partial charge in [0.2, 0.25) is 0 Å². The Bertz CT molecular complexity index is 642. The van der Waals surface area contributed by atoms with Gasteiger partial charge < -0.3 is 19.7 Å². The minimum Gasteiger partial charge on any atom is -0.490 e. The summed E-state index contributed by atoms with van der Waals surface area (Å²) in [6.07, 6.45) is 0. The number of nitrogens with two attached hydrogens (primary N) is 1. The number of nitro benzene ring substituents is 1. The van der Waals surface area contributed by atoms with Crippen molar-refractivity contribution in [1.82, 2.24) is 10.1 Å². The van der Waals surface area contributed by atoms with Crippen molar-refractivity contribution in [2.45, 2.75) is 6.04 Å². The minimum atomic E-state index is -0.531. The molecule has 0 saturated carbocycles. The van der Waals surface area contributed by atoms with E-state index in [-0.39, 0.29) is 23.9 Å². The highest BCUT2D eigenvalue weighted by molar-refractivity contribution is 5.61. The molecule has 1 atom stereocenters. The van der Waals surface area contributed by atoms with E-state index in [1.165, 1.54) is 32.4 Å². The molecule has 112 valence electrons. The summed E-state index contributed by atoms with van der Waals surface area (Å²) >= 11 is 0. The molecular formula is C12H14N4O5. The van der Waals surface area contributed by atoms with Crippen LogP contribution in [0.2, 0.25) is 0 Å². The average molecular weight is 294 g/mol. The first kappa shape index (κ1) is 14.9. The van der Waals surface area contributed by atoms with Gasteiger partial charge in [-0.2, -0.15) is 4.98 Å². The van der Waals surface area contributed by atoms with E-state index >= 15 is 0 Å². The van der Waals surface area contributed by atoms with Crippen LogP contribution in [0, 0.1) is 10.1 Å². The molecule has 2 N–H and O–H groups in total. The largest absolute Gasteiger partial charge is 0.490 e. The summed E-state index contributed by atoms with van der Waals surface area (Å²) in [5, 5.41) is 14.6. The maximum absolute atomic E-state index is 10.8. The second-order valence-corrected chi connectivity index (χ2v) is 4.16. The van der Waals surface area contributed by atoms with Crippen LogP contribution in [0.3, 0.4) is 0 Å². The molecule has 9 heteroatoms. The van der Waals surface area contributed by atoms with Gasteiger partial charge in [-0.25, -0.2) is 0 Å². The van der Waals surface area contributed by atoms with E-state index in [0.29, 0.717) is 11.4 Å². The Hall–Kier alpha value is -2.52. The second kappa shape index (κ2) is 6.29. The third kappa shape index (κ3) is 3.15. The summed E-state index contributed by atoms with van der Waals surface area (Å²) in [6, 6.07) is 3.76. The van der Waals surface area contributed by atoms with Crippen molar-refractivity contribution >= 4 is 5.69 Å². The molecule has 0 aliphatic carbocycles. The van der Waals surface area contributed by atoms with Crippen molar-refractivity contribution in [2.75, 3.05) is 20.8 Å². The quantitative estimate of drug-likeness (QED) is 0.623. The first-order valence-corrected chi connectivity index (χ1v) is 5.97. The molecule has 0 aliphatic heterocycles. The van der Waals surface area contributed by atoms with Gasteiger partial charge in [-0.3, -0.25) is 10.1 Å². The van der Waals surface area contributed by atoms with E-state index in [1.807, 2.05) is 0 Å². The topological polar surface area (TPSA) is 127 Å². The summed E-state index contributed by atoms with van der Waals surface area (Å²) in [6.45, 7) is 0.253. The molecule has 2 rings (SSSR count). The number of hydrogen-bond donors (Lipinski definition) is 1. The Labute approximate surface area is 119 Å². The highest BCUT2D eigenvalue weighted by atomic mass is 16.6. The van der Waals surface area contributed by atoms with Gasteiger partial charge in [-0.15, -0.1) is 0 Å². The van der Waals surface area contributed by atoms with Crippen LogP contribution in [0.5, 0.6) is 5.75 Å². The summed E-state index contributed by atoms with van der Waals surface area (Å²) in [7, 11) is 2.86. The van der Waals surface area contributed by atoms with Gasteiger partial charge >= 0.3 is 5.69 Å². The van der Waals surface area contributed by atoms with Crippen LogP contribution in [0.25, 0.3) is 11.5 Å². The molecular weight excluding hydrogens is 280 g/mol. The van der Waals surface area contributed by atoms with Gasteiger partial charge in [0, 0.05) is 24.8 Å². The lowest BCUT2D eigenvalue weighted by Gasteiger charge is -2.03. The van der Waals surface area contributed by atoms with Crippen LogP contribution in [-0.2, 0) is 4.74 Å². The number of nitrogens with zero attached hydrogens (tertiary/aromatic N) is 3. The minimum absolute atomic E-state index is 0.110. The van der Waals surface area contributed by atoms with E-state index in [4.69, 9.17) is 19.7 Å². The molecule has 0 fully saturated rings. The second-order valence-electron chi connectivity index (χ2n) is 4.16. The molecule has 2 aromatic rings. The normalized spacial score (nSPS) is 12.1. The molecule has 1 heterocycles. The average Bonchev–Trinajstić information content (AvgIpc) is 2.96. The van der Waals surface area contributed by atoms with Crippen molar-refractivity contribution < 1.29 is 18.9 Å². The van der Waals surface area contributed by atoms with Crippen LogP contribution < -0.4 is 10.5 Å². The first-order chi connectivity index (χ1) is 10.1. The molecule has 0 spiro atoms. The van der Waals surface area contributed by atoms with E-state index in [0.717, 1.165) is 0 Å². The zero-order chi connectivity index (χ0) is 15.4. The van der Waals surface area contributed by atoms with Crippen LogP contribution in [0.4, 0.5) is 5.69 Å². The zero-order valence-corrected chi connectivity index (χ0v) is 11.5. The van der Waals surface area contributed by atoms with Crippen molar-refractivity contribution in [3.63, 3.8) is 0 Å². The van der Waals surface area contributed by atoms with Gasteiger partial charge in [0.1, 0.15) is 0 Å².